The maximum Gasteiger partial charge on any atom is 0.422 e. The number of guanidine groups is 1. The topological polar surface area (TPSA) is 67.8 Å². The standard InChI is InChI=1S/C18H21F3N4O2.HI/c1-22-17(25-11-14-5-3-4-6-15(14)26-2)24-10-13-7-8-23-16(9-13)27-12-18(19,20)21;/h3-9H,10-12H2,1-2H3,(H2,22,24,25);1H. The summed E-state index contributed by atoms with van der Waals surface area (Å²) in [6, 6.07) is 10.7. The van der Waals surface area contributed by atoms with E-state index >= 15 is 0 Å². The number of aliphatic imine (C=N–C) groups is 1. The Hall–Kier alpha value is -2.24. The minimum Gasteiger partial charge on any atom is -0.496 e. The molecule has 2 N–H and O–H groups in total. The number of methoxy groups -OCH3 is 1. The van der Waals surface area contributed by atoms with Gasteiger partial charge in [0.05, 0.1) is 7.11 Å². The second-order valence-electron chi connectivity index (χ2n) is 5.50. The predicted octanol–water partition coefficient (Wildman–Crippen LogP) is 3.51. The summed E-state index contributed by atoms with van der Waals surface area (Å²) in [5.74, 6) is 1.22. The number of aromatic nitrogens is 1. The van der Waals surface area contributed by atoms with Crippen molar-refractivity contribution < 1.29 is 22.6 Å². The molecule has 2 rings (SSSR count). The third-order valence-corrected chi connectivity index (χ3v) is 3.51. The third kappa shape index (κ3) is 8.19. The van der Waals surface area contributed by atoms with Gasteiger partial charge in [-0.2, -0.15) is 13.2 Å². The Balaban J connectivity index is 0.00000392. The Labute approximate surface area is 178 Å². The number of benzene rings is 1. The smallest absolute Gasteiger partial charge is 0.422 e. The predicted molar refractivity (Wildman–Crippen MR) is 111 cm³/mol. The number of hydrogen-bond donors (Lipinski definition) is 2. The fraction of sp³-hybridized carbons (Fsp3) is 0.333. The van der Waals surface area contributed by atoms with Gasteiger partial charge in [0.25, 0.3) is 0 Å². The maximum atomic E-state index is 12.2. The van der Waals surface area contributed by atoms with Gasteiger partial charge in [-0.1, -0.05) is 18.2 Å². The van der Waals surface area contributed by atoms with Crippen molar-refractivity contribution in [1.29, 1.82) is 0 Å². The molecule has 1 heterocycles. The normalized spacial score (nSPS) is 11.4. The number of alkyl halides is 3. The van der Waals surface area contributed by atoms with Crippen LogP contribution in [0.1, 0.15) is 11.1 Å². The number of rotatable bonds is 7. The van der Waals surface area contributed by atoms with Crippen molar-refractivity contribution >= 4 is 29.9 Å². The van der Waals surface area contributed by atoms with E-state index in [2.05, 4.69) is 25.3 Å². The molecule has 0 aliphatic carbocycles. The molecule has 1 aromatic carbocycles. The molecule has 0 saturated heterocycles. The Morgan fingerprint density at radius 3 is 2.54 bits per heavy atom. The van der Waals surface area contributed by atoms with Gasteiger partial charge in [0.15, 0.2) is 12.6 Å². The molecule has 10 heteroatoms. The SMILES string of the molecule is CN=C(NCc1ccnc(OCC(F)(F)F)c1)NCc1ccccc1OC.I. The number of pyridine rings is 1. The molecule has 0 saturated carbocycles. The summed E-state index contributed by atoms with van der Waals surface area (Å²) in [7, 11) is 3.23. The molecule has 0 spiro atoms. The van der Waals surface area contributed by atoms with Gasteiger partial charge in [-0.3, -0.25) is 4.99 Å². The van der Waals surface area contributed by atoms with Crippen molar-refractivity contribution in [3.63, 3.8) is 0 Å². The zero-order valence-electron chi connectivity index (χ0n) is 15.4. The van der Waals surface area contributed by atoms with E-state index in [9.17, 15) is 13.2 Å². The van der Waals surface area contributed by atoms with Gasteiger partial charge in [0.1, 0.15) is 5.75 Å². The van der Waals surface area contributed by atoms with Gasteiger partial charge in [0, 0.05) is 38.0 Å². The van der Waals surface area contributed by atoms with E-state index in [1.807, 2.05) is 24.3 Å². The van der Waals surface area contributed by atoms with Gasteiger partial charge in [0.2, 0.25) is 5.88 Å². The minimum absolute atomic E-state index is 0. The molecule has 0 unspecified atom stereocenters. The first-order chi connectivity index (χ1) is 12.9. The van der Waals surface area contributed by atoms with Crippen molar-refractivity contribution in [2.24, 2.45) is 4.99 Å². The average molecular weight is 510 g/mol. The number of ether oxygens (including phenoxy) is 2. The molecule has 6 nitrogen and oxygen atoms in total. The van der Waals surface area contributed by atoms with Gasteiger partial charge in [-0.25, -0.2) is 4.98 Å². The molecule has 0 aliphatic rings. The van der Waals surface area contributed by atoms with Crippen LogP contribution in [0, 0.1) is 0 Å². The fourth-order valence-corrected chi connectivity index (χ4v) is 2.23. The van der Waals surface area contributed by atoms with Gasteiger partial charge in [-0.05, 0) is 17.7 Å². The van der Waals surface area contributed by atoms with Crippen LogP contribution in [0.25, 0.3) is 0 Å². The molecule has 154 valence electrons. The molecule has 0 aliphatic heterocycles. The Kier molecular flexibility index (Phi) is 9.83. The van der Waals surface area contributed by atoms with E-state index in [1.54, 1.807) is 20.2 Å². The summed E-state index contributed by atoms with van der Waals surface area (Å²) in [5.41, 5.74) is 1.68. The lowest BCUT2D eigenvalue weighted by Crippen LogP contribution is -2.36. The Morgan fingerprint density at radius 1 is 1.14 bits per heavy atom. The lowest BCUT2D eigenvalue weighted by molar-refractivity contribution is -0.154. The summed E-state index contributed by atoms with van der Waals surface area (Å²) in [5, 5.41) is 6.24. The van der Waals surface area contributed by atoms with Crippen LogP contribution < -0.4 is 20.1 Å². The number of halogens is 4. The van der Waals surface area contributed by atoms with Crippen LogP contribution in [0.5, 0.6) is 11.6 Å². The van der Waals surface area contributed by atoms with Crippen LogP contribution >= 0.6 is 24.0 Å². The lowest BCUT2D eigenvalue weighted by atomic mass is 10.2. The largest absolute Gasteiger partial charge is 0.496 e. The van der Waals surface area contributed by atoms with E-state index < -0.39 is 12.8 Å². The highest BCUT2D eigenvalue weighted by Crippen LogP contribution is 2.18. The minimum atomic E-state index is -4.40. The van der Waals surface area contributed by atoms with Gasteiger partial charge < -0.3 is 20.1 Å². The number of hydrogen-bond acceptors (Lipinski definition) is 4. The lowest BCUT2D eigenvalue weighted by Gasteiger charge is -2.14. The highest BCUT2D eigenvalue weighted by atomic mass is 127. The quantitative estimate of drug-likeness (QED) is 0.339. The van der Waals surface area contributed by atoms with Crippen LogP contribution in [0.15, 0.2) is 47.6 Å². The Bertz CT molecular complexity index is 772. The fourth-order valence-electron chi connectivity index (χ4n) is 2.23. The van der Waals surface area contributed by atoms with Crippen molar-refractivity contribution in [3.8, 4) is 11.6 Å². The summed E-state index contributed by atoms with van der Waals surface area (Å²) in [6.07, 6.45) is -3.01. The molecular weight excluding hydrogens is 488 g/mol. The van der Waals surface area contributed by atoms with Crippen molar-refractivity contribution in [3.05, 3.63) is 53.7 Å². The first-order valence-electron chi connectivity index (χ1n) is 8.12. The van der Waals surface area contributed by atoms with Crippen LogP contribution in [0.4, 0.5) is 13.2 Å². The van der Waals surface area contributed by atoms with Crippen molar-refractivity contribution in [1.82, 2.24) is 15.6 Å². The van der Waals surface area contributed by atoms with E-state index in [0.29, 0.717) is 24.6 Å². The second kappa shape index (κ2) is 11.6. The molecule has 0 atom stereocenters. The van der Waals surface area contributed by atoms with E-state index in [4.69, 9.17) is 4.74 Å². The van der Waals surface area contributed by atoms with Crippen LogP contribution in [0.3, 0.4) is 0 Å². The van der Waals surface area contributed by atoms with Crippen molar-refractivity contribution in [2.45, 2.75) is 19.3 Å². The highest BCUT2D eigenvalue weighted by Gasteiger charge is 2.28. The van der Waals surface area contributed by atoms with E-state index in [1.165, 1.54) is 12.3 Å². The molecule has 28 heavy (non-hydrogen) atoms. The summed E-state index contributed by atoms with van der Waals surface area (Å²) in [6.45, 7) is -0.532. The molecule has 0 amide bonds. The number of para-hydroxylation sites is 1. The second-order valence-corrected chi connectivity index (χ2v) is 5.50. The summed E-state index contributed by atoms with van der Waals surface area (Å²) < 4.78 is 46.6. The van der Waals surface area contributed by atoms with Crippen molar-refractivity contribution in [2.75, 3.05) is 20.8 Å². The van der Waals surface area contributed by atoms with E-state index in [0.717, 1.165) is 11.3 Å². The van der Waals surface area contributed by atoms with Crippen LogP contribution in [-0.4, -0.2) is 37.9 Å². The van der Waals surface area contributed by atoms with Crippen LogP contribution in [-0.2, 0) is 13.1 Å². The molecule has 0 fully saturated rings. The molecule has 0 radical (unpaired) electrons. The van der Waals surface area contributed by atoms with Gasteiger partial charge in [-0.15, -0.1) is 24.0 Å². The number of nitrogens with zero attached hydrogens (tertiary/aromatic N) is 2. The van der Waals surface area contributed by atoms with E-state index in [-0.39, 0.29) is 29.9 Å². The first-order valence-corrected chi connectivity index (χ1v) is 8.12. The third-order valence-electron chi connectivity index (χ3n) is 3.51. The maximum absolute atomic E-state index is 12.2. The monoisotopic (exact) mass is 510 g/mol. The summed E-state index contributed by atoms with van der Waals surface area (Å²) in [4.78, 5) is 7.90. The van der Waals surface area contributed by atoms with Gasteiger partial charge >= 0.3 is 6.18 Å². The number of nitrogens with one attached hydrogen (secondary N) is 2. The first kappa shape index (κ1) is 23.8. The molecule has 2 aromatic rings. The van der Waals surface area contributed by atoms with Crippen LogP contribution in [0.2, 0.25) is 0 Å². The average Bonchev–Trinajstić information content (AvgIpc) is 2.66. The molecule has 1 aromatic heterocycles. The Morgan fingerprint density at radius 2 is 1.86 bits per heavy atom. The highest BCUT2D eigenvalue weighted by molar-refractivity contribution is 14.0. The zero-order valence-corrected chi connectivity index (χ0v) is 17.7. The molecule has 0 bridgehead atoms. The summed E-state index contributed by atoms with van der Waals surface area (Å²) >= 11 is 0. The zero-order chi connectivity index (χ0) is 19.7. The molecular formula is C18H22F3IN4O2.